The normalized spacial score (nSPS) is 23.1. The molecule has 0 bridgehead atoms. The number of hydrogen-bond donors (Lipinski definition) is 0. The van der Waals surface area contributed by atoms with Gasteiger partial charge < -0.3 is 14.2 Å². The molecular formula is C17H26N4O2. The molecule has 0 spiro atoms. The number of piperazine rings is 1. The third kappa shape index (κ3) is 3.13. The molecule has 0 N–H and O–H groups in total. The molecule has 0 aliphatic carbocycles. The number of rotatable bonds is 3. The number of aromatic nitrogens is 2. The van der Waals surface area contributed by atoms with E-state index < -0.39 is 0 Å². The summed E-state index contributed by atoms with van der Waals surface area (Å²) in [6.45, 7) is 8.10. The van der Waals surface area contributed by atoms with E-state index in [2.05, 4.69) is 21.4 Å². The molecule has 0 aromatic carbocycles. The molecule has 3 rings (SSSR count). The van der Waals surface area contributed by atoms with Gasteiger partial charge >= 0.3 is 0 Å². The summed E-state index contributed by atoms with van der Waals surface area (Å²) in [6.07, 6.45) is 5.54. The molecule has 1 saturated heterocycles. The minimum Gasteiger partial charge on any atom is -0.498 e. The number of imidazole rings is 1. The molecule has 0 saturated carbocycles. The molecule has 1 aromatic rings. The third-order valence-corrected chi connectivity index (χ3v) is 4.91. The maximum absolute atomic E-state index is 12.9. The fourth-order valence-electron chi connectivity index (χ4n) is 3.51. The maximum atomic E-state index is 12.9. The van der Waals surface area contributed by atoms with E-state index in [1.54, 1.807) is 0 Å². The molecular weight excluding hydrogens is 292 g/mol. The molecule has 3 heterocycles. The zero-order valence-electron chi connectivity index (χ0n) is 14.3. The highest BCUT2D eigenvalue weighted by molar-refractivity contribution is 5.94. The van der Waals surface area contributed by atoms with Crippen molar-refractivity contribution in [3.63, 3.8) is 0 Å². The Morgan fingerprint density at radius 2 is 2.26 bits per heavy atom. The lowest BCUT2D eigenvalue weighted by Crippen LogP contribution is -2.51. The van der Waals surface area contributed by atoms with Crippen LogP contribution in [-0.4, -0.2) is 58.0 Å². The summed E-state index contributed by atoms with van der Waals surface area (Å²) in [6, 6.07) is 0.156. The number of hydrogen-bond acceptors (Lipinski definition) is 4. The van der Waals surface area contributed by atoms with E-state index >= 15 is 0 Å². The average molecular weight is 318 g/mol. The van der Waals surface area contributed by atoms with Crippen molar-refractivity contribution in [2.45, 2.75) is 32.7 Å². The lowest BCUT2D eigenvalue weighted by molar-refractivity contribution is -0.131. The van der Waals surface area contributed by atoms with Gasteiger partial charge in [0, 0.05) is 39.1 Å². The maximum Gasteiger partial charge on any atom is 0.253 e. The molecule has 6 heteroatoms. The number of nitrogens with zero attached hydrogens (tertiary/aromatic N) is 4. The molecule has 2 aliphatic rings. The Bertz CT molecular complexity index is 607. The topological polar surface area (TPSA) is 50.6 Å². The molecule has 23 heavy (non-hydrogen) atoms. The van der Waals surface area contributed by atoms with Gasteiger partial charge in [-0.05, 0) is 26.3 Å². The van der Waals surface area contributed by atoms with E-state index in [9.17, 15) is 4.79 Å². The van der Waals surface area contributed by atoms with Gasteiger partial charge in [0.15, 0.2) is 0 Å². The zero-order valence-corrected chi connectivity index (χ0v) is 14.3. The van der Waals surface area contributed by atoms with Crippen LogP contribution in [0.4, 0.5) is 0 Å². The van der Waals surface area contributed by atoms with Gasteiger partial charge in [-0.3, -0.25) is 9.69 Å². The number of carbonyl (C=O) groups excluding carboxylic acids is 1. The summed E-state index contributed by atoms with van der Waals surface area (Å²) in [5.41, 5.74) is 0.847. The SMILES string of the molecule is CCN1CCN(C(=O)C2=C(C)OCCC2)C[C@@H]1c1nccn1C. The van der Waals surface area contributed by atoms with Crippen molar-refractivity contribution in [2.24, 2.45) is 7.05 Å². The standard InChI is InChI=1S/C17H26N4O2/c1-4-20-9-10-21(12-15(20)16-18-7-8-19(16)3)17(22)14-6-5-11-23-13(14)2/h7-8,15H,4-6,9-12H2,1-3H3/t15-/m1/s1. The second kappa shape index (κ2) is 6.74. The van der Waals surface area contributed by atoms with Gasteiger partial charge in [0.05, 0.1) is 18.2 Å². The number of likely N-dealkylation sites (N-methyl/N-ethyl adjacent to an activating group) is 1. The largest absolute Gasteiger partial charge is 0.498 e. The summed E-state index contributed by atoms with van der Waals surface area (Å²) in [4.78, 5) is 21.8. The Labute approximate surface area is 137 Å². The smallest absolute Gasteiger partial charge is 0.253 e. The van der Waals surface area contributed by atoms with Crippen molar-refractivity contribution in [2.75, 3.05) is 32.8 Å². The van der Waals surface area contributed by atoms with Crippen molar-refractivity contribution in [1.82, 2.24) is 19.4 Å². The molecule has 1 atom stereocenters. The van der Waals surface area contributed by atoms with Crippen LogP contribution in [0.1, 0.15) is 38.6 Å². The van der Waals surface area contributed by atoms with E-state index in [0.717, 1.165) is 56.2 Å². The number of allylic oxidation sites excluding steroid dienone is 1. The third-order valence-electron chi connectivity index (χ3n) is 4.91. The monoisotopic (exact) mass is 318 g/mol. The Morgan fingerprint density at radius 1 is 1.43 bits per heavy atom. The van der Waals surface area contributed by atoms with Crippen LogP contribution >= 0.6 is 0 Å². The van der Waals surface area contributed by atoms with Crippen LogP contribution in [0.15, 0.2) is 23.7 Å². The zero-order chi connectivity index (χ0) is 16.4. The number of carbonyl (C=O) groups is 1. The summed E-state index contributed by atoms with van der Waals surface area (Å²) in [7, 11) is 2.01. The second-order valence-electron chi connectivity index (χ2n) is 6.28. The Morgan fingerprint density at radius 3 is 2.91 bits per heavy atom. The Balaban J connectivity index is 1.80. The molecule has 1 aromatic heterocycles. The molecule has 1 fully saturated rings. The molecule has 0 radical (unpaired) electrons. The van der Waals surface area contributed by atoms with Crippen molar-refractivity contribution >= 4 is 5.91 Å². The first-order valence-electron chi connectivity index (χ1n) is 8.45. The fraction of sp³-hybridized carbons (Fsp3) is 0.647. The predicted molar refractivity (Wildman–Crippen MR) is 87.7 cm³/mol. The average Bonchev–Trinajstić information content (AvgIpc) is 3.00. The summed E-state index contributed by atoms with van der Waals surface area (Å²) < 4.78 is 7.62. The van der Waals surface area contributed by atoms with Crippen LogP contribution < -0.4 is 0 Å². The van der Waals surface area contributed by atoms with E-state index in [0.29, 0.717) is 6.54 Å². The van der Waals surface area contributed by atoms with Crippen LogP contribution in [0.2, 0.25) is 0 Å². The van der Waals surface area contributed by atoms with Crippen LogP contribution in [0.5, 0.6) is 0 Å². The highest BCUT2D eigenvalue weighted by atomic mass is 16.5. The Kier molecular flexibility index (Phi) is 4.71. The van der Waals surface area contributed by atoms with Crippen molar-refractivity contribution in [3.05, 3.63) is 29.6 Å². The van der Waals surface area contributed by atoms with Crippen LogP contribution in [-0.2, 0) is 16.6 Å². The van der Waals surface area contributed by atoms with Gasteiger partial charge in [0.25, 0.3) is 5.91 Å². The molecule has 0 unspecified atom stereocenters. The van der Waals surface area contributed by atoms with Gasteiger partial charge in [-0.1, -0.05) is 6.92 Å². The first-order chi connectivity index (χ1) is 11.1. The molecule has 2 aliphatic heterocycles. The highest BCUT2D eigenvalue weighted by Gasteiger charge is 2.33. The minimum atomic E-state index is 0.136. The van der Waals surface area contributed by atoms with Gasteiger partial charge in [-0.15, -0.1) is 0 Å². The van der Waals surface area contributed by atoms with Gasteiger partial charge in [0.2, 0.25) is 0 Å². The quantitative estimate of drug-likeness (QED) is 0.851. The van der Waals surface area contributed by atoms with E-state index in [1.165, 1.54) is 0 Å². The number of amides is 1. The fourth-order valence-corrected chi connectivity index (χ4v) is 3.51. The van der Waals surface area contributed by atoms with Crippen LogP contribution in [0.25, 0.3) is 0 Å². The van der Waals surface area contributed by atoms with Gasteiger partial charge in [0.1, 0.15) is 11.6 Å². The van der Waals surface area contributed by atoms with Crippen molar-refractivity contribution in [3.8, 4) is 0 Å². The van der Waals surface area contributed by atoms with Crippen LogP contribution in [0.3, 0.4) is 0 Å². The van der Waals surface area contributed by atoms with E-state index in [-0.39, 0.29) is 11.9 Å². The predicted octanol–water partition coefficient (Wildman–Crippen LogP) is 1.71. The van der Waals surface area contributed by atoms with Crippen molar-refractivity contribution < 1.29 is 9.53 Å². The first-order valence-corrected chi connectivity index (χ1v) is 8.45. The lowest BCUT2D eigenvalue weighted by atomic mass is 10.0. The highest BCUT2D eigenvalue weighted by Crippen LogP contribution is 2.27. The summed E-state index contributed by atoms with van der Waals surface area (Å²) in [5.74, 6) is 1.96. The van der Waals surface area contributed by atoms with Gasteiger partial charge in [-0.25, -0.2) is 4.98 Å². The second-order valence-corrected chi connectivity index (χ2v) is 6.28. The Hall–Kier alpha value is -1.82. The molecule has 6 nitrogen and oxygen atoms in total. The van der Waals surface area contributed by atoms with Crippen LogP contribution in [0, 0.1) is 0 Å². The van der Waals surface area contributed by atoms with E-state index in [1.807, 2.05) is 31.3 Å². The van der Waals surface area contributed by atoms with Gasteiger partial charge in [-0.2, -0.15) is 0 Å². The molecule has 1 amide bonds. The number of ether oxygens (including phenoxy) is 1. The lowest BCUT2D eigenvalue weighted by Gasteiger charge is -2.41. The number of aryl methyl sites for hydroxylation is 1. The minimum absolute atomic E-state index is 0.136. The summed E-state index contributed by atoms with van der Waals surface area (Å²) >= 11 is 0. The molecule has 126 valence electrons. The summed E-state index contributed by atoms with van der Waals surface area (Å²) in [5, 5.41) is 0. The van der Waals surface area contributed by atoms with E-state index in [4.69, 9.17) is 4.74 Å². The first kappa shape index (κ1) is 16.1. The van der Waals surface area contributed by atoms with Crippen molar-refractivity contribution in [1.29, 1.82) is 0 Å².